The third-order valence-electron chi connectivity index (χ3n) is 5.39. The molecular formula is C22H23N3O3S. The third kappa shape index (κ3) is 3.82. The van der Waals surface area contributed by atoms with Gasteiger partial charge in [0.1, 0.15) is 0 Å². The Morgan fingerprint density at radius 2 is 1.72 bits per heavy atom. The zero-order chi connectivity index (χ0) is 20.4. The molecule has 0 bridgehead atoms. The molecule has 7 heteroatoms. The molecule has 1 saturated heterocycles. The standard InChI is InChI=1S/C22H23N3O3S/c1-17-21(15-23-25(17)18-9-4-2-5-10-18)22(26)24-14-8-11-19(24)16-29(27,28)20-12-6-3-7-13-20/h2-7,9-10,12-13,15,19H,8,11,14,16H2,1H3. The summed E-state index contributed by atoms with van der Waals surface area (Å²) in [6.07, 6.45) is 3.06. The van der Waals surface area contributed by atoms with E-state index in [9.17, 15) is 13.2 Å². The molecule has 1 amide bonds. The molecule has 6 nitrogen and oxygen atoms in total. The molecule has 1 aliphatic heterocycles. The minimum Gasteiger partial charge on any atom is -0.335 e. The van der Waals surface area contributed by atoms with E-state index in [1.54, 1.807) is 46.1 Å². The molecule has 2 heterocycles. The number of carbonyl (C=O) groups is 1. The molecule has 4 rings (SSSR count). The summed E-state index contributed by atoms with van der Waals surface area (Å²) >= 11 is 0. The largest absolute Gasteiger partial charge is 0.335 e. The van der Waals surface area contributed by atoms with Gasteiger partial charge in [0, 0.05) is 12.6 Å². The summed E-state index contributed by atoms with van der Waals surface area (Å²) in [6, 6.07) is 17.7. The van der Waals surface area contributed by atoms with E-state index in [1.807, 2.05) is 37.3 Å². The summed E-state index contributed by atoms with van der Waals surface area (Å²) < 4.78 is 27.3. The lowest BCUT2D eigenvalue weighted by molar-refractivity contribution is 0.0748. The number of nitrogens with zero attached hydrogens (tertiary/aromatic N) is 3. The van der Waals surface area contributed by atoms with Crippen LogP contribution in [-0.4, -0.2) is 47.3 Å². The van der Waals surface area contributed by atoms with Crippen molar-refractivity contribution in [3.63, 3.8) is 0 Å². The SMILES string of the molecule is Cc1c(C(=O)N2CCCC2CS(=O)(=O)c2ccccc2)cnn1-c1ccccc1. The molecule has 1 atom stereocenters. The lowest BCUT2D eigenvalue weighted by Crippen LogP contribution is -2.39. The van der Waals surface area contributed by atoms with Crippen molar-refractivity contribution in [2.45, 2.75) is 30.7 Å². The van der Waals surface area contributed by atoms with Crippen LogP contribution in [0.15, 0.2) is 71.8 Å². The molecular weight excluding hydrogens is 386 g/mol. The first-order valence-electron chi connectivity index (χ1n) is 9.66. The molecule has 0 spiro atoms. The predicted molar refractivity (Wildman–Crippen MR) is 111 cm³/mol. The van der Waals surface area contributed by atoms with Gasteiger partial charge in [-0.15, -0.1) is 0 Å². The highest BCUT2D eigenvalue weighted by Gasteiger charge is 2.34. The first-order chi connectivity index (χ1) is 14.0. The first kappa shape index (κ1) is 19.4. The predicted octanol–water partition coefficient (Wildman–Crippen LogP) is 3.26. The van der Waals surface area contributed by atoms with E-state index in [0.29, 0.717) is 23.4 Å². The Balaban J connectivity index is 1.57. The Kier molecular flexibility index (Phi) is 5.24. The average Bonchev–Trinajstić information content (AvgIpc) is 3.35. The van der Waals surface area contributed by atoms with E-state index < -0.39 is 9.84 Å². The molecule has 3 aromatic rings. The van der Waals surface area contributed by atoms with Crippen LogP contribution in [0.25, 0.3) is 5.69 Å². The van der Waals surface area contributed by atoms with Gasteiger partial charge < -0.3 is 4.90 Å². The molecule has 1 aliphatic rings. The van der Waals surface area contributed by atoms with Crippen molar-refractivity contribution >= 4 is 15.7 Å². The molecule has 29 heavy (non-hydrogen) atoms. The van der Waals surface area contributed by atoms with Crippen LogP contribution in [0.3, 0.4) is 0 Å². The Morgan fingerprint density at radius 1 is 1.07 bits per heavy atom. The number of hydrogen-bond acceptors (Lipinski definition) is 4. The number of hydrogen-bond donors (Lipinski definition) is 0. The topological polar surface area (TPSA) is 72.3 Å². The van der Waals surface area contributed by atoms with Gasteiger partial charge in [-0.3, -0.25) is 4.79 Å². The van der Waals surface area contributed by atoms with E-state index >= 15 is 0 Å². The van der Waals surface area contributed by atoms with Crippen LogP contribution < -0.4 is 0 Å². The van der Waals surface area contributed by atoms with Gasteiger partial charge in [0.05, 0.1) is 33.8 Å². The van der Waals surface area contributed by atoms with Crippen LogP contribution in [0.2, 0.25) is 0 Å². The fourth-order valence-electron chi connectivity index (χ4n) is 3.86. The number of likely N-dealkylation sites (tertiary alicyclic amines) is 1. The van der Waals surface area contributed by atoms with Gasteiger partial charge in [0.15, 0.2) is 9.84 Å². The number of amides is 1. The maximum Gasteiger partial charge on any atom is 0.257 e. The van der Waals surface area contributed by atoms with Crippen molar-refractivity contribution in [1.82, 2.24) is 14.7 Å². The highest BCUT2D eigenvalue weighted by molar-refractivity contribution is 7.91. The van der Waals surface area contributed by atoms with E-state index in [-0.39, 0.29) is 17.7 Å². The molecule has 0 radical (unpaired) electrons. The highest BCUT2D eigenvalue weighted by Crippen LogP contribution is 2.25. The molecule has 0 aliphatic carbocycles. The first-order valence-corrected chi connectivity index (χ1v) is 11.3. The van der Waals surface area contributed by atoms with E-state index in [1.165, 1.54) is 0 Å². The molecule has 0 saturated carbocycles. The number of aromatic nitrogens is 2. The van der Waals surface area contributed by atoms with Crippen molar-refractivity contribution in [2.24, 2.45) is 0 Å². The lowest BCUT2D eigenvalue weighted by atomic mass is 10.2. The Labute approximate surface area is 170 Å². The monoisotopic (exact) mass is 409 g/mol. The lowest BCUT2D eigenvalue weighted by Gasteiger charge is -2.24. The second kappa shape index (κ2) is 7.83. The summed E-state index contributed by atoms with van der Waals surface area (Å²) in [4.78, 5) is 15.2. The number of sulfone groups is 1. The second-order valence-electron chi connectivity index (χ2n) is 7.28. The number of benzene rings is 2. The Morgan fingerprint density at radius 3 is 2.41 bits per heavy atom. The number of rotatable bonds is 5. The highest BCUT2D eigenvalue weighted by atomic mass is 32.2. The maximum atomic E-state index is 13.2. The van der Waals surface area contributed by atoms with Gasteiger partial charge in [-0.25, -0.2) is 13.1 Å². The molecule has 150 valence electrons. The van der Waals surface area contributed by atoms with E-state index in [4.69, 9.17) is 0 Å². The van der Waals surface area contributed by atoms with Crippen LogP contribution in [0.1, 0.15) is 28.9 Å². The summed E-state index contributed by atoms with van der Waals surface area (Å²) in [7, 11) is -3.45. The third-order valence-corrected chi connectivity index (χ3v) is 7.21. The summed E-state index contributed by atoms with van der Waals surface area (Å²) in [6.45, 7) is 2.42. The van der Waals surface area contributed by atoms with Crippen molar-refractivity contribution in [3.05, 3.63) is 78.1 Å². The van der Waals surface area contributed by atoms with Crippen LogP contribution >= 0.6 is 0 Å². The molecule has 1 fully saturated rings. The van der Waals surface area contributed by atoms with Crippen LogP contribution in [0.4, 0.5) is 0 Å². The van der Waals surface area contributed by atoms with Crippen molar-refractivity contribution in [3.8, 4) is 5.69 Å². The van der Waals surface area contributed by atoms with E-state index in [0.717, 1.165) is 17.8 Å². The van der Waals surface area contributed by atoms with Gasteiger partial charge >= 0.3 is 0 Å². The summed E-state index contributed by atoms with van der Waals surface area (Å²) in [5.74, 6) is -0.218. The minimum atomic E-state index is -3.45. The maximum absolute atomic E-state index is 13.2. The number of para-hydroxylation sites is 1. The van der Waals surface area contributed by atoms with Gasteiger partial charge in [-0.2, -0.15) is 5.10 Å². The zero-order valence-electron chi connectivity index (χ0n) is 16.2. The van der Waals surface area contributed by atoms with Gasteiger partial charge in [-0.1, -0.05) is 36.4 Å². The molecule has 2 aromatic carbocycles. The fourth-order valence-corrected chi connectivity index (χ4v) is 5.47. The fraction of sp³-hybridized carbons (Fsp3) is 0.273. The number of carbonyl (C=O) groups excluding carboxylic acids is 1. The Hall–Kier alpha value is -2.93. The molecule has 0 N–H and O–H groups in total. The van der Waals surface area contributed by atoms with Gasteiger partial charge in [-0.05, 0) is 44.0 Å². The molecule has 1 aromatic heterocycles. The van der Waals surface area contributed by atoms with Crippen molar-refractivity contribution in [2.75, 3.05) is 12.3 Å². The Bertz CT molecular complexity index is 1110. The minimum absolute atomic E-state index is 0.0609. The van der Waals surface area contributed by atoms with Crippen molar-refractivity contribution in [1.29, 1.82) is 0 Å². The van der Waals surface area contributed by atoms with Crippen LogP contribution in [0.5, 0.6) is 0 Å². The molecule has 1 unspecified atom stereocenters. The summed E-state index contributed by atoms with van der Waals surface area (Å²) in [5, 5.41) is 4.38. The van der Waals surface area contributed by atoms with Gasteiger partial charge in [0.2, 0.25) is 0 Å². The van der Waals surface area contributed by atoms with Crippen LogP contribution in [0, 0.1) is 6.92 Å². The van der Waals surface area contributed by atoms with E-state index in [2.05, 4.69) is 5.10 Å². The summed E-state index contributed by atoms with van der Waals surface area (Å²) in [5.41, 5.74) is 2.14. The average molecular weight is 410 g/mol. The second-order valence-corrected chi connectivity index (χ2v) is 9.31. The van der Waals surface area contributed by atoms with Crippen LogP contribution in [-0.2, 0) is 9.84 Å². The normalized spacial score (nSPS) is 16.9. The van der Waals surface area contributed by atoms with Crippen molar-refractivity contribution < 1.29 is 13.2 Å². The quantitative estimate of drug-likeness (QED) is 0.648. The smallest absolute Gasteiger partial charge is 0.257 e. The zero-order valence-corrected chi connectivity index (χ0v) is 17.0. The van der Waals surface area contributed by atoms with Gasteiger partial charge in [0.25, 0.3) is 5.91 Å².